The maximum Gasteiger partial charge on any atom is 0.244 e. The molecule has 0 radical (unpaired) electrons. The molecule has 146 valence electrons. The first-order chi connectivity index (χ1) is 12.0. The van der Waals surface area contributed by atoms with Crippen LogP contribution in [-0.4, -0.2) is 40.6 Å². The number of ether oxygens (including phenoxy) is 1. The number of benzene rings is 1. The zero-order valence-corrected chi connectivity index (χ0v) is 16.4. The molecule has 1 aromatic carbocycles. The summed E-state index contributed by atoms with van der Waals surface area (Å²) >= 11 is 0. The van der Waals surface area contributed by atoms with Crippen LogP contribution in [0.4, 0.5) is 5.69 Å². The van der Waals surface area contributed by atoms with Crippen LogP contribution in [0.2, 0.25) is 0 Å². The second-order valence-electron chi connectivity index (χ2n) is 6.71. The third-order valence-corrected chi connectivity index (χ3v) is 6.12. The zero-order chi connectivity index (χ0) is 17.9. The summed E-state index contributed by atoms with van der Waals surface area (Å²) in [6, 6.07) is 4.69. The van der Waals surface area contributed by atoms with E-state index in [-0.39, 0.29) is 35.0 Å². The van der Waals surface area contributed by atoms with Crippen LogP contribution in [0.5, 0.6) is 5.75 Å². The van der Waals surface area contributed by atoms with Gasteiger partial charge in [0, 0.05) is 18.2 Å². The van der Waals surface area contributed by atoms with Crippen LogP contribution in [0.15, 0.2) is 23.1 Å². The van der Waals surface area contributed by atoms with Gasteiger partial charge in [-0.25, -0.2) is 13.1 Å². The number of methoxy groups -OCH3 is 1. The number of sulfonamides is 1. The molecule has 3 rings (SSSR count). The van der Waals surface area contributed by atoms with Crippen LogP contribution in [0.1, 0.15) is 32.1 Å². The lowest BCUT2D eigenvalue weighted by atomic mass is 10.0. The van der Waals surface area contributed by atoms with E-state index in [1.807, 2.05) is 0 Å². The Morgan fingerprint density at radius 3 is 2.69 bits per heavy atom. The summed E-state index contributed by atoms with van der Waals surface area (Å²) in [7, 11) is -2.23. The van der Waals surface area contributed by atoms with E-state index in [0.29, 0.717) is 18.0 Å². The fraction of sp³-hybridized carbons (Fsp3) is 0.588. The molecule has 1 aromatic rings. The average molecular weight is 404 g/mol. The topological polar surface area (TPSA) is 96.5 Å². The van der Waals surface area contributed by atoms with Crippen LogP contribution in [0, 0.1) is 5.92 Å². The van der Waals surface area contributed by atoms with E-state index in [2.05, 4.69) is 15.4 Å². The van der Waals surface area contributed by atoms with Gasteiger partial charge in [-0.2, -0.15) is 0 Å². The number of nitrogens with one attached hydrogen (secondary N) is 3. The van der Waals surface area contributed by atoms with Crippen molar-refractivity contribution in [3.63, 3.8) is 0 Å². The normalized spacial score (nSPS) is 19.7. The second kappa shape index (κ2) is 9.03. The molecule has 3 N–H and O–H groups in total. The minimum absolute atomic E-state index is 0. The van der Waals surface area contributed by atoms with Crippen molar-refractivity contribution >= 4 is 34.0 Å². The summed E-state index contributed by atoms with van der Waals surface area (Å²) < 4.78 is 32.8. The molecule has 1 atom stereocenters. The molecule has 0 spiro atoms. The lowest BCUT2D eigenvalue weighted by molar-refractivity contribution is -0.116. The number of carbonyl (C=O) groups excluding carboxylic acids is 1. The Bertz CT molecular complexity index is 732. The summed E-state index contributed by atoms with van der Waals surface area (Å²) in [6.45, 7) is 1.98. The van der Waals surface area contributed by atoms with Crippen molar-refractivity contribution in [1.82, 2.24) is 10.0 Å². The number of halogens is 1. The van der Waals surface area contributed by atoms with Crippen LogP contribution >= 0.6 is 12.4 Å². The van der Waals surface area contributed by atoms with E-state index in [4.69, 9.17) is 4.74 Å². The Kier molecular flexibility index (Phi) is 7.28. The van der Waals surface area contributed by atoms with Gasteiger partial charge in [0.1, 0.15) is 10.6 Å². The Morgan fingerprint density at radius 2 is 2.08 bits per heavy atom. The fourth-order valence-corrected chi connectivity index (χ4v) is 4.47. The minimum Gasteiger partial charge on any atom is -0.495 e. The highest BCUT2D eigenvalue weighted by Gasteiger charge is 2.30. The molecule has 1 aliphatic carbocycles. The summed E-state index contributed by atoms with van der Waals surface area (Å²) in [5.41, 5.74) is 0.464. The molecule has 0 aromatic heterocycles. The highest BCUT2D eigenvalue weighted by Crippen LogP contribution is 2.30. The van der Waals surface area contributed by atoms with E-state index >= 15 is 0 Å². The largest absolute Gasteiger partial charge is 0.495 e. The smallest absolute Gasteiger partial charge is 0.244 e. The highest BCUT2D eigenvalue weighted by molar-refractivity contribution is 7.89. The monoisotopic (exact) mass is 403 g/mol. The Morgan fingerprint density at radius 1 is 1.31 bits per heavy atom. The molecule has 26 heavy (non-hydrogen) atoms. The summed E-state index contributed by atoms with van der Waals surface area (Å²) in [5, 5.41) is 6.08. The molecule has 1 saturated heterocycles. The van der Waals surface area contributed by atoms with Gasteiger partial charge in [0.05, 0.1) is 7.11 Å². The van der Waals surface area contributed by atoms with E-state index in [9.17, 15) is 13.2 Å². The third kappa shape index (κ3) is 5.57. The van der Waals surface area contributed by atoms with Gasteiger partial charge < -0.3 is 15.4 Å². The zero-order valence-electron chi connectivity index (χ0n) is 14.8. The van der Waals surface area contributed by atoms with Crippen molar-refractivity contribution in [2.24, 2.45) is 5.92 Å². The number of hydrogen-bond acceptors (Lipinski definition) is 5. The van der Waals surface area contributed by atoms with Crippen molar-refractivity contribution in [2.75, 3.05) is 25.5 Å². The number of amides is 1. The first-order valence-electron chi connectivity index (χ1n) is 8.69. The SMILES string of the molecule is COc1ccc(NC(=O)CCC2CCNC2)cc1S(=O)(=O)NC1CC1.Cl. The maximum absolute atomic E-state index is 12.5. The Labute approximate surface area is 160 Å². The maximum atomic E-state index is 12.5. The van der Waals surface area contributed by atoms with Gasteiger partial charge in [-0.1, -0.05) is 0 Å². The van der Waals surface area contributed by atoms with Crippen LogP contribution in [0.25, 0.3) is 0 Å². The van der Waals surface area contributed by atoms with Crippen molar-refractivity contribution in [1.29, 1.82) is 0 Å². The van der Waals surface area contributed by atoms with Gasteiger partial charge in [-0.3, -0.25) is 4.79 Å². The second-order valence-corrected chi connectivity index (χ2v) is 8.39. The van der Waals surface area contributed by atoms with Crippen molar-refractivity contribution < 1.29 is 17.9 Å². The molecular formula is C17H26ClN3O4S. The molecule has 1 aliphatic heterocycles. The molecule has 2 aliphatic rings. The summed E-state index contributed by atoms with van der Waals surface area (Å²) in [5.74, 6) is 0.707. The number of hydrogen-bond donors (Lipinski definition) is 3. The first-order valence-corrected chi connectivity index (χ1v) is 10.2. The molecular weight excluding hydrogens is 378 g/mol. The molecule has 1 heterocycles. The quantitative estimate of drug-likeness (QED) is 0.615. The number of rotatable bonds is 8. The van der Waals surface area contributed by atoms with Crippen LogP contribution < -0.4 is 20.1 Å². The number of carbonyl (C=O) groups is 1. The summed E-state index contributed by atoms with van der Waals surface area (Å²) in [4.78, 5) is 12.2. The molecule has 1 unspecified atom stereocenters. The molecule has 2 fully saturated rings. The first kappa shape index (κ1) is 21.0. The third-order valence-electron chi connectivity index (χ3n) is 4.58. The summed E-state index contributed by atoms with van der Waals surface area (Å²) in [6.07, 6.45) is 4.08. The molecule has 9 heteroatoms. The lowest BCUT2D eigenvalue weighted by Crippen LogP contribution is -2.26. The van der Waals surface area contributed by atoms with Gasteiger partial charge in [-0.15, -0.1) is 12.4 Å². The predicted molar refractivity (Wildman–Crippen MR) is 102 cm³/mol. The van der Waals surface area contributed by atoms with E-state index in [0.717, 1.165) is 38.8 Å². The minimum atomic E-state index is -3.66. The Balaban J connectivity index is 0.00000243. The van der Waals surface area contributed by atoms with Gasteiger partial charge in [0.2, 0.25) is 15.9 Å². The predicted octanol–water partition coefficient (Wildman–Crippen LogP) is 1.89. The lowest BCUT2D eigenvalue weighted by Gasteiger charge is -2.13. The molecule has 0 bridgehead atoms. The Hall–Kier alpha value is -1.35. The average Bonchev–Trinajstić information content (AvgIpc) is 3.23. The van der Waals surface area contributed by atoms with E-state index in [1.54, 1.807) is 12.1 Å². The van der Waals surface area contributed by atoms with E-state index in [1.165, 1.54) is 13.2 Å². The van der Waals surface area contributed by atoms with Gasteiger partial charge >= 0.3 is 0 Å². The fourth-order valence-electron chi connectivity index (χ4n) is 2.97. The van der Waals surface area contributed by atoms with Crippen molar-refractivity contribution in [3.8, 4) is 5.75 Å². The highest BCUT2D eigenvalue weighted by atomic mass is 35.5. The van der Waals surface area contributed by atoms with Crippen molar-refractivity contribution in [2.45, 2.75) is 43.0 Å². The van der Waals surface area contributed by atoms with Gasteiger partial charge in [0.15, 0.2) is 0 Å². The molecule has 1 amide bonds. The molecule has 7 nitrogen and oxygen atoms in total. The standard InChI is InChI=1S/C17H25N3O4S.ClH/c1-24-15-6-5-14(10-16(15)25(22,23)20-13-3-4-13)19-17(21)7-2-12-8-9-18-11-12;/h5-6,10,12-13,18,20H,2-4,7-9,11H2,1H3,(H,19,21);1H. The van der Waals surface area contributed by atoms with E-state index < -0.39 is 10.0 Å². The van der Waals surface area contributed by atoms with Crippen molar-refractivity contribution in [3.05, 3.63) is 18.2 Å². The van der Waals surface area contributed by atoms with Crippen LogP contribution in [-0.2, 0) is 14.8 Å². The van der Waals surface area contributed by atoms with Gasteiger partial charge in [0.25, 0.3) is 0 Å². The molecule has 1 saturated carbocycles. The number of anilines is 1. The van der Waals surface area contributed by atoms with Gasteiger partial charge in [-0.05, 0) is 62.9 Å². The van der Waals surface area contributed by atoms with Crippen LogP contribution in [0.3, 0.4) is 0 Å².